The lowest BCUT2D eigenvalue weighted by atomic mass is 10.0. The van der Waals surface area contributed by atoms with Gasteiger partial charge in [-0.3, -0.25) is 4.55 Å². The van der Waals surface area contributed by atoms with Gasteiger partial charge in [-0.05, 0) is 12.8 Å². The summed E-state index contributed by atoms with van der Waals surface area (Å²) in [5.74, 6) is 0. The average molecular weight is 463 g/mol. The van der Waals surface area contributed by atoms with Gasteiger partial charge in [0.1, 0.15) is 0 Å². The van der Waals surface area contributed by atoms with Crippen molar-refractivity contribution in [2.75, 3.05) is 0 Å². The normalized spacial score (nSPS) is 13.0. The van der Waals surface area contributed by atoms with Gasteiger partial charge in [-0.15, -0.1) is 0 Å². The molecule has 0 saturated heterocycles. The molecule has 0 aromatic heterocycles. The van der Waals surface area contributed by atoms with Crippen LogP contribution < -0.4 is 0 Å². The fourth-order valence-corrected chi connectivity index (χ4v) is 4.84. The fraction of sp³-hybridized carbons (Fsp3) is 1.00. The van der Waals surface area contributed by atoms with Crippen molar-refractivity contribution in [3.05, 3.63) is 0 Å². The molecule has 1 unspecified atom stereocenters. The van der Waals surface area contributed by atoms with Gasteiger partial charge >= 0.3 is 10.4 Å². The van der Waals surface area contributed by atoms with E-state index in [9.17, 15) is 8.42 Å². The monoisotopic (exact) mass is 462 g/mol. The minimum atomic E-state index is -4.35. The van der Waals surface area contributed by atoms with Crippen molar-refractivity contribution in [3.8, 4) is 0 Å². The van der Waals surface area contributed by atoms with Crippen LogP contribution in [0.4, 0.5) is 0 Å². The smallest absolute Gasteiger partial charge is 0.264 e. The van der Waals surface area contributed by atoms with Gasteiger partial charge in [-0.1, -0.05) is 149 Å². The first-order valence-electron chi connectivity index (χ1n) is 13.6. The Morgan fingerprint density at radius 1 is 0.516 bits per heavy atom. The zero-order chi connectivity index (χ0) is 23.0. The SMILES string of the molecule is CCCCCCCCCCCCCC(CCCCCCCCCCCC)OS(=O)(=O)O. The van der Waals surface area contributed by atoms with Crippen molar-refractivity contribution in [1.82, 2.24) is 0 Å². The molecule has 188 valence electrons. The van der Waals surface area contributed by atoms with Crippen molar-refractivity contribution >= 4 is 10.4 Å². The highest BCUT2D eigenvalue weighted by Gasteiger charge is 2.16. The van der Waals surface area contributed by atoms with Crippen LogP contribution in [0.3, 0.4) is 0 Å². The lowest BCUT2D eigenvalue weighted by Gasteiger charge is -2.15. The van der Waals surface area contributed by atoms with Crippen molar-refractivity contribution in [2.24, 2.45) is 0 Å². The molecule has 0 fully saturated rings. The molecule has 5 heteroatoms. The van der Waals surface area contributed by atoms with Gasteiger partial charge < -0.3 is 0 Å². The Morgan fingerprint density at radius 3 is 1.03 bits per heavy atom. The summed E-state index contributed by atoms with van der Waals surface area (Å²) in [5.41, 5.74) is 0. The van der Waals surface area contributed by atoms with Crippen molar-refractivity contribution in [1.29, 1.82) is 0 Å². The van der Waals surface area contributed by atoms with Gasteiger partial charge in [0.05, 0.1) is 6.10 Å². The molecule has 0 heterocycles. The molecule has 0 aliphatic rings. The Bertz CT molecular complexity index is 450. The molecule has 0 aromatic rings. The topological polar surface area (TPSA) is 63.6 Å². The van der Waals surface area contributed by atoms with Crippen LogP contribution in [0, 0.1) is 0 Å². The number of hydrogen-bond acceptors (Lipinski definition) is 3. The first-order valence-corrected chi connectivity index (χ1v) is 15.0. The fourth-order valence-electron chi connectivity index (χ4n) is 4.31. The molecule has 4 nitrogen and oxygen atoms in total. The summed E-state index contributed by atoms with van der Waals surface area (Å²) in [6.07, 6.45) is 27.8. The van der Waals surface area contributed by atoms with Crippen LogP contribution in [0.5, 0.6) is 0 Å². The predicted molar refractivity (Wildman–Crippen MR) is 134 cm³/mol. The van der Waals surface area contributed by atoms with E-state index in [0.717, 1.165) is 38.5 Å². The molecule has 0 saturated carbocycles. The molecule has 31 heavy (non-hydrogen) atoms. The van der Waals surface area contributed by atoms with E-state index in [4.69, 9.17) is 8.74 Å². The summed E-state index contributed by atoms with van der Waals surface area (Å²) in [6, 6.07) is 0. The zero-order valence-electron chi connectivity index (χ0n) is 20.9. The average Bonchev–Trinajstić information content (AvgIpc) is 2.72. The Morgan fingerprint density at radius 2 is 0.774 bits per heavy atom. The van der Waals surface area contributed by atoms with Gasteiger partial charge in [-0.2, -0.15) is 8.42 Å². The summed E-state index contributed by atoms with van der Waals surface area (Å²) in [6.45, 7) is 4.50. The Hall–Kier alpha value is -0.130. The van der Waals surface area contributed by atoms with Crippen LogP contribution in [-0.4, -0.2) is 19.1 Å². The molecule has 0 aliphatic heterocycles. The van der Waals surface area contributed by atoms with Crippen LogP contribution in [0.15, 0.2) is 0 Å². The van der Waals surface area contributed by atoms with E-state index in [0.29, 0.717) is 0 Å². The number of rotatable bonds is 25. The minimum absolute atomic E-state index is 0.359. The van der Waals surface area contributed by atoms with E-state index < -0.39 is 10.4 Å². The van der Waals surface area contributed by atoms with E-state index >= 15 is 0 Å². The van der Waals surface area contributed by atoms with Crippen molar-refractivity contribution < 1.29 is 17.2 Å². The molecule has 0 aromatic carbocycles. The van der Waals surface area contributed by atoms with Crippen LogP contribution in [-0.2, 0) is 14.6 Å². The molecule has 0 spiro atoms. The van der Waals surface area contributed by atoms with Gasteiger partial charge in [-0.25, -0.2) is 4.18 Å². The maximum atomic E-state index is 11.2. The molecule has 1 atom stereocenters. The van der Waals surface area contributed by atoms with E-state index in [1.54, 1.807) is 0 Å². The van der Waals surface area contributed by atoms with Gasteiger partial charge in [0.15, 0.2) is 0 Å². The first kappa shape index (κ1) is 30.9. The zero-order valence-corrected chi connectivity index (χ0v) is 21.7. The summed E-state index contributed by atoms with van der Waals surface area (Å²) in [5, 5.41) is 0. The number of hydrogen-bond donors (Lipinski definition) is 1. The molecule has 0 aliphatic carbocycles. The third-order valence-corrected chi connectivity index (χ3v) is 6.78. The highest BCUT2D eigenvalue weighted by molar-refractivity contribution is 7.80. The van der Waals surface area contributed by atoms with Crippen molar-refractivity contribution in [2.45, 2.75) is 168 Å². The molecule has 0 rings (SSSR count). The van der Waals surface area contributed by atoms with Crippen LogP contribution in [0.25, 0.3) is 0 Å². The maximum Gasteiger partial charge on any atom is 0.397 e. The quantitative estimate of drug-likeness (QED) is 0.108. The van der Waals surface area contributed by atoms with E-state index in [-0.39, 0.29) is 6.10 Å². The summed E-state index contributed by atoms with van der Waals surface area (Å²) in [4.78, 5) is 0. The van der Waals surface area contributed by atoms with Gasteiger partial charge in [0.25, 0.3) is 0 Å². The Labute approximate surface area is 195 Å². The Balaban J connectivity index is 3.70. The Kier molecular flexibility index (Phi) is 22.9. The van der Waals surface area contributed by atoms with Crippen LogP contribution in [0.2, 0.25) is 0 Å². The van der Waals surface area contributed by atoms with Crippen LogP contribution >= 0.6 is 0 Å². The second-order valence-corrected chi connectivity index (χ2v) is 10.5. The highest BCUT2D eigenvalue weighted by atomic mass is 32.3. The molecule has 1 N–H and O–H groups in total. The van der Waals surface area contributed by atoms with E-state index in [1.807, 2.05) is 0 Å². The highest BCUT2D eigenvalue weighted by Crippen LogP contribution is 2.19. The van der Waals surface area contributed by atoms with Gasteiger partial charge in [0, 0.05) is 0 Å². The molecule has 0 amide bonds. The lowest BCUT2D eigenvalue weighted by molar-refractivity contribution is 0.157. The third-order valence-electron chi connectivity index (χ3n) is 6.27. The predicted octanol–water partition coefficient (Wildman–Crippen LogP) is 9.19. The molecule has 0 bridgehead atoms. The first-order chi connectivity index (χ1) is 15.0. The van der Waals surface area contributed by atoms with Crippen molar-refractivity contribution in [3.63, 3.8) is 0 Å². The second-order valence-electron chi connectivity index (χ2n) is 9.44. The lowest BCUT2D eigenvalue weighted by Crippen LogP contribution is -2.18. The van der Waals surface area contributed by atoms with Crippen LogP contribution in [0.1, 0.15) is 162 Å². The second kappa shape index (κ2) is 23.0. The summed E-state index contributed by atoms with van der Waals surface area (Å²) < 4.78 is 36.3. The number of unbranched alkanes of at least 4 members (excludes halogenated alkanes) is 19. The standard InChI is InChI=1S/C26H54O4S/c1-3-5-7-9-11-13-15-17-19-21-23-25-26(30-31(27,28)29)24-22-20-18-16-14-12-10-8-6-4-2/h26H,3-25H2,1-2H3,(H,27,28,29). The molecule has 0 radical (unpaired) electrons. The van der Waals surface area contributed by atoms with E-state index in [1.165, 1.54) is 109 Å². The van der Waals surface area contributed by atoms with E-state index in [2.05, 4.69) is 13.8 Å². The minimum Gasteiger partial charge on any atom is -0.264 e. The molecular weight excluding hydrogens is 408 g/mol. The maximum absolute atomic E-state index is 11.2. The summed E-state index contributed by atoms with van der Waals surface area (Å²) >= 11 is 0. The third kappa shape index (κ3) is 26.0. The molecular formula is C26H54O4S. The van der Waals surface area contributed by atoms with Gasteiger partial charge in [0.2, 0.25) is 0 Å². The summed E-state index contributed by atoms with van der Waals surface area (Å²) in [7, 11) is -4.35. The largest absolute Gasteiger partial charge is 0.397 e.